The molecule has 1 fully saturated rings. The third kappa shape index (κ3) is 2.65. The zero-order valence-electron chi connectivity index (χ0n) is 9.11. The summed E-state index contributed by atoms with van der Waals surface area (Å²) in [5, 5.41) is 3.32. The van der Waals surface area contributed by atoms with Crippen LogP contribution in [0.1, 0.15) is 31.4 Å². The minimum absolute atomic E-state index is 0.239. The molecule has 4 heteroatoms. The fourth-order valence-electron chi connectivity index (χ4n) is 2.02. The topological polar surface area (TPSA) is 63.8 Å². The van der Waals surface area contributed by atoms with Crippen LogP contribution < -0.4 is 11.1 Å². The number of aromatic nitrogens is 2. The van der Waals surface area contributed by atoms with E-state index in [0.717, 1.165) is 18.5 Å². The summed E-state index contributed by atoms with van der Waals surface area (Å²) in [6.07, 6.45) is 6.49. The quantitative estimate of drug-likeness (QED) is 0.769. The normalized spacial score (nSPS) is 26.3. The first-order valence-corrected chi connectivity index (χ1v) is 5.57. The summed E-state index contributed by atoms with van der Waals surface area (Å²) >= 11 is 0. The van der Waals surface area contributed by atoms with Crippen LogP contribution in [0.5, 0.6) is 0 Å². The number of anilines is 1. The maximum atomic E-state index is 6.05. The monoisotopic (exact) mass is 206 g/mol. The van der Waals surface area contributed by atoms with Gasteiger partial charge in [0.15, 0.2) is 0 Å². The highest BCUT2D eigenvalue weighted by Crippen LogP contribution is 2.19. The molecule has 2 rings (SSSR count). The number of hydrogen-bond donors (Lipinski definition) is 2. The summed E-state index contributed by atoms with van der Waals surface area (Å²) in [6.45, 7) is 1.97. The van der Waals surface area contributed by atoms with Crippen molar-refractivity contribution in [2.45, 2.75) is 44.7 Å². The highest BCUT2D eigenvalue weighted by molar-refractivity contribution is 5.27. The van der Waals surface area contributed by atoms with Gasteiger partial charge in [-0.1, -0.05) is 12.8 Å². The van der Waals surface area contributed by atoms with Crippen LogP contribution in [-0.4, -0.2) is 22.1 Å². The number of nitrogens with one attached hydrogen (secondary N) is 1. The SMILES string of the molecule is Cc1ccnc(N[C@H]2CCCC[C@H]2N)n1. The van der Waals surface area contributed by atoms with E-state index >= 15 is 0 Å². The molecule has 4 nitrogen and oxygen atoms in total. The van der Waals surface area contributed by atoms with Crippen LogP contribution in [0.25, 0.3) is 0 Å². The average Bonchev–Trinajstić information content (AvgIpc) is 2.22. The fourth-order valence-corrected chi connectivity index (χ4v) is 2.02. The molecule has 1 aliphatic rings. The molecule has 82 valence electrons. The second kappa shape index (κ2) is 4.57. The van der Waals surface area contributed by atoms with E-state index in [1.165, 1.54) is 12.8 Å². The molecule has 1 aromatic heterocycles. The summed E-state index contributed by atoms with van der Waals surface area (Å²) in [7, 11) is 0. The van der Waals surface area contributed by atoms with Crippen LogP contribution in [0.15, 0.2) is 12.3 Å². The number of aryl methyl sites for hydroxylation is 1. The van der Waals surface area contributed by atoms with E-state index in [4.69, 9.17) is 5.73 Å². The Morgan fingerprint density at radius 3 is 2.93 bits per heavy atom. The number of nitrogens with zero attached hydrogens (tertiary/aromatic N) is 2. The van der Waals surface area contributed by atoms with E-state index in [1.807, 2.05) is 13.0 Å². The summed E-state index contributed by atoms with van der Waals surface area (Å²) in [4.78, 5) is 8.51. The van der Waals surface area contributed by atoms with Crippen molar-refractivity contribution in [3.63, 3.8) is 0 Å². The van der Waals surface area contributed by atoms with Gasteiger partial charge >= 0.3 is 0 Å². The van der Waals surface area contributed by atoms with Crippen molar-refractivity contribution in [1.82, 2.24) is 9.97 Å². The van der Waals surface area contributed by atoms with E-state index in [1.54, 1.807) is 6.20 Å². The Morgan fingerprint density at radius 2 is 2.20 bits per heavy atom. The average molecular weight is 206 g/mol. The van der Waals surface area contributed by atoms with Crippen LogP contribution in [0, 0.1) is 6.92 Å². The van der Waals surface area contributed by atoms with Crippen molar-refractivity contribution in [2.24, 2.45) is 5.73 Å². The zero-order valence-corrected chi connectivity index (χ0v) is 9.11. The van der Waals surface area contributed by atoms with Crippen molar-refractivity contribution < 1.29 is 0 Å². The van der Waals surface area contributed by atoms with Gasteiger partial charge < -0.3 is 11.1 Å². The van der Waals surface area contributed by atoms with Crippen molar-refractivity contribution >= 4 is 5.95 Å². The second-order valence-corrected chi connectivity index (χ2v) is 4.22. The molecule has 0 aromatic carbocycles. The molecule has 15 heavy (non-hydrogen) atoms. The molecule has 2 atom stereocenters. The van der Waals surface area contributed by atoms with Gasteiger partial charge in [0.1, 0.15) is 0 Å². The highest BCUT2D eigenvalue weighted by Gasteiger charge is 2.21. The van der Waals surface area contributed by atoms with E-state index in [0.29, 0.717) is 12.0 Å². The van der Waals surface area contributed by atoms with Crippen LogP contribution >= 0.6 is 0 Å². The maximum Gasteiger partial charge on any atom is 0.223 e. The zero-order chi connectivity index (χ0) is 10.7. The molecule has 1 aromatic rings. The molecule has 1 saturated carbocycles. The molecule has 1 aliphatic carbocycles. The molecule has 0 amide bonds. The summed E-state index contributed by atoms with van der Waals surface area (Å²) in [5.74, 6) is 0.706. The molecule has 0 saturated heterocycles. The lowest BCUT2D eigenvalue weighted by atomic mass is 9.91. The van der Waals surface area contributed by atoms with Crippen LogP contribution in [0.4, 0.5) is 5.95 Å². The smallest absolute Gasteiger partial charge is 0.223 e. The Morgan fingerprint density at radius 1 is 1.40 bits per heavy atom. The summed E-state index contributed by atoms with van der Waals surface area (Å²) in [5.41, 5.74) is 7.03. The van der Waals surface area contributed by atoms with Crippen LogP contribution in [0.3, 0.4) is 0 Å². The summed E-state index contributed by atoms with van der Waals surface area (Å²) < 4.78 is 0. The van der Waals surface area contributed by atoms with Crippen molar-refractivity contribution in [3.8, 4) is 0 Å². The maximum absolute atomic E-state index is 6.05. The fraction of sp³-hybridized carbons (Fsp3) is 0.636. The van der Waals surface area contributed by atoms with Gasteiger partial charge in [-0.3, -0.25) is 0 Å². The van der Waals surface area contributed by atoms with Gasteiger partial charge in [0.25, 0.3) is 0 Å². The van der Waals surface area contributed by atoms with Crippen molar-refractivity contribution in [1.29, 1.82) is 0 Å². The van der Waals surface area contributed by atoms with Gasteiger partial charge in [0.2, 0.25) is 5.95 Å². The molecule has 1 heterocycles. The number of rotatable bonds is 2. The van der Waals surface area contributed by atoms with E-state index in [-0.39, 0.29) is 6.04 Å². The van der Waals surface area contributed by atoms with Gasteiger partial charge in [-0.2, -0.15) is 0 Å². The van der Waals surface area contributed by atoms with Gasteiger partial charge in [-0.05, 0) is 25.8 Å². The number of nitrogens with two attached hydrogens (primary N) is 1. The predicted octanol–water partition coefficient (Wildman–Crippen LogP) is 1.47. The van der Waals surface area contributed by atoms with Gasteiger partial charge in [0.05, 0.1) is 0 Å². The molecule has 0 aliphatic heterocycles. The summed E-state index contributed by atoms with van der Waals surface area (Å²) in [6, 6.07) is 2.47. The molecular formula is C11H18N4. The van der Waals surface area contributed by atoms with E-state index in [9.17, 15) is 0 Å². The molecule has 0 radical (unpaired) electrons. The minimum Gasteiger partial charge on any atom is -0.350 e. The standard InChI is InChI=1S/C11H18N4/c1-8-6-7-13-11(14-8)15-10-5-3-2-4-9(10)12/h6-7,9-10H,2-5,12H2,1H3,(H,13,14,15)/t9-,10+/m1/s1. The Kier molecular flexibility index (Phi) is 3.16. The van der Waals surface area contributed by atoms with Gasteiger partial charge in [0, 0.05) is 24.0 Å². The molecule has 0 bridgehead atoms. The first kappa shape index (κ1) is 10.4. The van der Waals surface area contributed by atoms with Crippen LogP contribution in [0.2, 0.25) is 0 Å². The van der Waals surface area contributed by atoms with Crippen molar-refractivity contribution in [2.75, 3.05) is 5.32 Å². The molecule has 0 spiro atoms. The van der Waals surface area contributed by atoms with E-state index in [2.05, 4.69) is 15.3 Å². The van der Waals surface area contributed by atoms with Crippen molar-refractivity contribution in [3.05, 3.63) is 18.0 Å². The lowest BCUT2D eigenvalue weighted by Gasteiger charge is -2.29. The largest absolute Gasteiger partial charge is 0.350 e. The highest BCUT2D eigenvalue weighted by atomic mass is 15.1. The second-order valence-electron chi connectivity index (χ2n) is 4.22. The predicted molar refractivity (Wildman–Crippen MR) is 60.6 cm³/mol. The Balaban J connectivity index is 2.01. The van der Waals surface area contributed by atoms with Gasteiger partial charge in [-0.15, -0.1) is 0 Å². The third-order valence-electron chi connectivity index (χ3n) is 2.93. The Bertz CT molecular complexity index is 326. The van der Waals surface area contributed by atoms with Gasteiger partial charge in [-0.25, -0.2) is 9.97 Å². The van der Waals surface area contributed by atoms with Crippen LogP contribution in [-0.2, 0) is 0 Å². The number of hydrogen-bond acceptors (Lipinski definition) is 4. The first-order chi connectivity index (χ1) is 7.25. The Hall–Kier alpha value is -1.16. The lowest BCUT2D eigenvalue weighted by Crippen LogP contribution is -2.42. The third-order valence-corrected chi connectivity index (χ3v) is 2.93. The molecular weight excluding hydrogens is 188 g/mol. The van der Waals surface area contributed by atoms with E-state index < -0.39 is 0 Å². The lowest BCUT2D eigenvalue weighted by molar-refractivity contribution is 0.402. The first-order valence-electron chi connectivity index (χ1n) is 5.57. The molecule has 3 N–H and O–H groups in total. The molecule has 0 unspecified atom stereocenters. The minimum atomic E-state index is 0.239. The Labute approximate surface area is 90.3 Å².